The van der Waals surface area contributed by atoms with Crippen molar-refractivity contribution in [1.29, 1.82) is 0 Å². The van der Waals surface area contributed by atoms with Crippen LogP contribution in [0.25, 0.3) is 0 Å². The van der Waals surface area contributed by atoms with Gasteiger partial charge in [-0.15, -0.1) is 0 Å². The summed E-state index contributed by atoms with van der Waals surface area (Å²) < 4.78 is 1.01. The average molecular weight is 216 g/mol. The summed E-state index contributed by atoms with van der Waals surface area (Å²) >= 11 is 3.38. The Morgan fingerprint density at radius 3 is 2.82 bits per heavy atom. The van der Waals surface area contributed by atoms with Crippen molar-refractivity contribution in [3.05, 3.63) is 28.7 Å². The van der Waals surface area contributed by atoms with Crippen LogP contribution in [0.3, 0.4) is 0 Å². The molecule has 1 N–H and O–H groups in total. The quantitative estimate of drug-likeness (QED) is 0.784. The minimum Gasteiger partial charge on any atom is -0.276 e. The molecule has 0 aliphatic carbocycles. The largest absolute Gasteiger partial charge is 0.276 e. The van der Waals surface area contributed by atoms with Crippen LogP contribution in [0.5, 0.6) is 0 Å². The third-order valence-electron chi connectivity index (χ3n) is 1.20. The van der Waals surface area contributed by atoms with Gasteiger partial charge in [-0.1, -0.05) is 12.1 Å². The van der Waals surface area contributed by atoms with Crippen LogP contribution >= 0.6 is 15.9 Å². The minimum atomic E-state index is 0.654. The van der Waals surface area contributed by atoms with Crippen LogP contribution < -0.4 is 5.48 Å². The summed E-state index contributed by atoms with van der Waals surface area (Å²) in [5.41, 5.74) is 3.77. The summed E-state index contributed by atoms with van der Waals surface area (Å²) in [5, 5.41) is 0. The second-order valence-corrected chi connectivity index (χ2v) is 2.87. The zero-order valence-electron chi connectivity index (χ0n) is 6.30. The van der Waals surface area contributed by atoms with Gasteiger partial charge in [-0.3, -0.25) is 10.3 Å². The first-order valence-electron chi connectivity index (χ1n) is 3.47. The summed E-state index contributed by atoms with van der Waals surface area (Å²) in [6.07, 6.45) is 0. The summed E-state index contributed by atoms with van der Waals surface area (Å²) in [5.74, 6) is 0. The number of hydrogen-bond acceptors (Lipinski definition) is 2. The van der Waals surface area contributed by atoms with Crippen molar-refractivity contribution in [2.45, 2.75) is 6.92 Å². The highest BCUT2D eigenvalue weighted by Gasteiger charge is 1.94. The van der Waals surface area contributed by atoms with E-state index >= 15 is 0 Å². The van der Waals surface area contributed by atoms with Crippen molar-refractivity contribution in [3.63, 3.8) is 0 Å². The summed E-state index contributed by atoms with van der Waals surface area (Å²) in [7, 11) is 0. The molecule has 3 heteroatoms. The van der Waals surface area contributed by atoms with Gasteiger partial charge in [0.05, 0.1) is 12.3 Å². The smallest absolute Gasteiger partial charge is 0.0746 e. The predicted molar refractivity (Wildman–Crippen MR) is 49.4 cm³/mol. The zero-order chi connectivity index (χ0) is 8.10. The third-order valence-corrected chi connectivity index (χ3v) is 1.89. The van der Waals surface area contributed by atoms with Crippen LogP contribution in [-0.2, 0) is 4.84 Å². The molecule has 0 radical (unpaired) electrons. The Hall–Kier alpha value is -0.540. The number of nitrogens with one attached hydrogen (secondary N) is 1. The third kappa shape index (κ3) is 2.52. The molecule has 0 amide bonds. The maximum absolute atomic E-state index is 5.02. The predicted octanol–water partition coefficient (Wildman–Crippen LogP) is 2.81. The Kier molecular flexibility index (Phi) is 3.39. The molecule has 0 aliphatic rings. The highest BCUT2D eigenvalue weighted by molar-refractivity contribution is 9.10. The van der Waals surface area contributed by atoms with E-state index in [-0.39, 0.29) is 0 Å². The van der Waals surface area contributed by atoms with E-state index in [1.165, 1.54) is 0 Å². The number of rotatable bonds is 3. The molecule has 0 atom stereocenters. The van der Waals surface area contributed by atoms with Crippen molar-refractivity contribution in [2.24, 2.45) is 0 Å². The molecular weight excluding hydrogens is 206 g/mol. The highest BCUT2D eigenvalue weighted by atomic mass is 79.9. The highest BCUT2D eigenvalue weighted by Crippen LogP contribution is 2.20. The molecular formula is C8H10BrNO. The number of benzene rings is 1. The second-order valence-electron chi connectivity index (χ2n) is 2.01. The molecule has 1 aromatic rings. The van der Waals surface area contributed by atoms with Crippen molar-refractivity contribution in [1.82, 2.24) is 0 Å². The molecule has 0 bridgehead atoms. The van der Waals surface area contributed by atoms with E-state index in [1.807, 2.05) is 31.2 Å². The van der Waals surface area contributed by atoms with Crippen molar-refractivity contribution in [3.8, 4) is 0 Å². The molecule has 0 aliphatic heterocycles. The van der Waals surface area contributed by atoms with Crippen molar-refractivity contribution >= 4 is 21.6 Å². The van der Waals surface area contributed by atoms with E-state index in [2.05, 4.69) is 21.4 Å². The van der Waals surface area contributed by atoms with Gasteiger partial charge in [0, 0.05) is 4.47 Å². The fourth-order valence-electron chi connectivity index (χ4n) is 0.694. The van der Waals surface area contributed by atoms with E-state index in [1.54, 1.807) is 0 Å². The van der Waals surface area contributed by atoms with Crippen LogP contribution in [0.15, 0.2) is 28.7 Å². The molecule has 0 spiro atoms. The van der Waals surface area contributed by atoms with Crippen LogP contribution in [0, 0.1) is 0 Å². The van der Waals surface area contributed by atoms with E-state index in [0.717, 1.165) is 10.2 Å². The zero-order valence-corrected chi connectivity index (χ0v) is 7.89. The van der Waals surface area contributed by atoms with Crippen molar-refractivity contribution in [2.75, 3.05) is 12.1 Å². The van der Waals surface area contributed by atoms with E-state index in [4.69, 9.17) is 4.84 Å². The molecule has 2 nitrogen and oxygen atoms in total. The fraction of sp³-hybridized carbons (Fsp3) is 0.250. The molecule has 1 rings (SSSR count). The van der Waals surface area contributed by atoms with Crippen molar-refractivity contribution < 1.29 is 4.84 Å². The lowest BCUT2D eigenvalue weighted by Gasteiger charge is -2.05. The fourth-order valence-corrected chi connectivity index (χ4v) is 1.06. The molecule has 60 valence electrons. The molecule has 11 heavy (non-hydrogen) atoms. The molecule has 1 aromatic carbocycles. The van der Waals surface area contributed by atoms with Gasteiger partial charge in [0.15, 0.2) is 0 Å². The van der Waals surface area contributed by atoms with E-state index in [0.29, 0.717) is 6.61 Å². The maximum Gasteiger partial charge on any atom is 0.0746 e. The second kappa shape index (κ2) is 4.36. The van der Waals surface area contributed by atoms with Gasteiger partial charge >= 0.3 is 0 Å². The Balaban J connectivity index is 2.62. The Labute approximate surface area is 74.6 Å². The molecule has 0 unspecified atom stereocenters. The van der Waals surface area contributed by atoms with Gasteiger partial charge in [-0.2, -0.15) is 0 Å². The average Bonchev–Trinajstić information content (AvgIpc) is 2.03. The molecule has 0 saturated carbocycles. The number of halogens is 1. The number of hydrogen-bond donors (Lipinski definition) is 1. The SMILES string of the molecule is CCONc1ccccc1Br. The lowest BCUT2D eigenvalue weighted by atomic mass is 10.3. The lowest BCUT2D eigenvalue weighted by molar-refractivity contribution is 0.210. The van der Waals surface area contributed by atoms with Crippen LogP contribution in [-0.4, -0.2) is 6.61 Å². The topological polar surface area (TPSA) is 21.3 Å². The molecule has 0 saturated heterocycles. The Morgan fingerprint density at radius 1 is 1.45 bits per heavy atom. The summed E-state index contributed by atoms with van der Waals surface area (Å²) in [4.78, 5) is 5.02. The molecule has 0 fully saturated rings. The van der Waals surface area contributed by atoms with E-state index < -0.39 is 0 Å². The minimum absolute atomic E-state index is 0.654. The standard InChI is InChI=1S/C8H10BrNO/c1-2-11-10-8-6-4-3-5-7(8)9/h3-6,10H,2H2,1H3. The van der Waals surface area contributed by atoms with Crippen LogP contribution in [0.4, 0.5) is 5.69 Å². The van der Waals surface area contributed by atoms with E-state index in [9.17, 15) is 0 Å². The molecule has 0 aromatic heterocycles. The molecule has 0 heterocycles. The Bertz CT molecular complexity index is 227. The summed E-state index contributed by atoms with van der Waals surface area (Å²) in [6, 6.07) is 7.81. The van der Waals surface area contributed by atoms with Gasteiger partial charge in [0.2, 0.25) is 0 Å². The lowest BCUT2D eigenvalue weighted by Crippen LogP contribution is -2.00. The first-order valence-corrected chi connectivity index (χ1v) is 4.26. The number of anilines is 1. The van der Waals surface area contributed by atoms with Gasteiger partial charge < -0.3 is 0 Å². The monoisotopic (exact) mass is 215 g/mol. The first kappa shape index (κ1) is 8.56. The first-order chi connectivity index (χ1) is 5.34. The maximum atomic E-state index is 5.02. The van der Waals surface area contributed by atoms with Crippen LogP contribution in [0.1, 0.15) is 6.92 Å². The van der Waals surface area contributed by atoms with Gasteiger partial charge in [0.25, 0.3) is 0 Å². The number of para-hydroxylation sites is 1. The van der Waals surface area contributed by atoms with Crippen LogP contribution in [0.2, 0.25) is 0 Å². The van der Waals surface area contributed by atoms with Gasteiger partial charge in [0.1, 0.15) is 0 Å². The Morgan fingerprint density at radius 2 is 2.18 bits per heavy atom. The normalized spacial score (nSPS) is 9.64. The van der Waals surface area contributed by atoms with Gasteiger partial charge in [-0.25, -0.2) is 0 Å². The van der Waals surface area contributed by atoms with Gasteiger partial charge in [-0.05, 0) is 35.0 Å². The summed E-state index contributed by atoms with van der Waals surface area (Å²) in [6.45, 7) is 2.59.